The maximum atomic E-state index is 13.1. The summed E-state index contributed by atoms with van der Waals surface area (Å²) in [5.41, 5.74) is 1.73. The molecular formula is C21H19NO5. The van der Waals surface area contributed by atoms with E-state index in [1.54, 1.807) is 42.2 Å². The molecule has 27 heavy (non-hydrogen) atoms. The van der Waals surface area contributed by atoms with E-state index >= 15 is 0 Å². The summed E-state index contributed by atoms with van der Waals surface area (Å²) in [6.45, 7) is 3.87. The molecule has 2 aliphatic heterocycles. The molecule has 2 heterocycles. The summed E-state index contributed by atoms with van der Waals surface area (Å²) < 4.78 is 10.9. The Morgan fingerprint density at radius 2 is 1.93 bits per heavy atom. The van der Waals surface area contributed by atoms with Gasteiger partial charge in [-0.05, 0) is 25.1 Å². The van der Waals surface area contributed by atoms with E-state index in [-0.39, 0.29) is 11.9 Å². The Balaban J connectivity index is 1.61. The summed E-state index contributed by atoms with van der Waals surface area (Å²) >= 11 is 0. The maximum Gasteiger partial charge on any atom is 0.339 e. The molecule has 138 valence electrons. The third kappa shape index (κ3) is 2.77. The van der Waals surface area contributed by atoms with Crippen LogP contribution in [0.4, 0.5) is 0 Å². The first-order chi connectivity index (χ1) is 12.9. The average Bonchev–Trinajstić information content (AvgIpc) is 3.19. The fourth-order valence-corrected chi connectivity index (χ4v) is 3.89. The van der Waals surface area contributed by atoms with Crippen molar-refractivity contribution in [3.63, 3.8) is 0 Å². The third-order valence-corrected chi connectivity index (χ3v) is 5.21. The van der Waals surface area contributed by atoms with Crippen molar-refractivity contribution in [3.05, 3.63) is 64.7 Å². The monoisotopic (exact) mass is 365 g/mol. The van der Waals surface area contributed by atoms with E-state index in [1.165, 1.54) is 6.92 Å². The maximum absolute atomic E-state index is 13.1. The second-order valence-corrected chi connectivity index (χ2v) is 6.93. The first kappa shape index (κ1) is 17.3. The van der Waals surface area contributed by atoms with Gasteiger partial charge in [-0.1, -0.05) is 24.3 Å². The molecule has 0 bridgehead atoms. The summed E-state index contributed by atoms with van der Waals surface area (Å²) in [4.78, 5) is 38.2. The predicted octanol–water partition coefficient (Wildman–Crippen LogP) is 2.83. The summed E-state index contributed by atoms with van der Waals surface area (Å²) in [5.74, 6) is -0.566. The number of benzene rings is 2. The third-order valence-electron chi connectivity index (χ3n) is 5.21. The van der Waals surface area contributed by atoms with Gasteiger partial charge in [0.2, 0.25) is 0 Å². The number of fused-ring (bicyclic) bond motifs is 2. The van der Waals surface area contributed by atoms with E-state index in [0.29, 0.717) is 42.0 Å². The van der Waals surface area contributed by atoms with Crippen molar-refractivity contribution in [2.45, 2.75) is 25.9 Å². The van der Waals surface area contributed by atoms with Crippen molar-refractivity contribution >= 4 is 17.8 Å². The fourth-order valence-electron chi connectivity index (χ4n) is 3.89. The van der Waals surface area contributed by atoms with Crippen molar-refractivity contribution in [2.75, 3.05) is 13.1 Å². The zero-order chi connectivity index (χ0) is 19.2. The van der Waals surface area contributed by atoms with Crippen LogP contribution >= 0.6 is 0 Å². The van der Waals surface area contributed by atoms with Crippen LogP contribution in [0.25, 0.3) is 0 Å². The van der Waals surface area contributed by atoms with Gasteiger partial charge >= 0.3 is 11.9 Å². The van der Waals surface area contributed by atoms with Crippen LogP contribution in [0, 0.1) is 6.92 Å². The summed E-state index contributed by atoms with van der Waals surface area (Å²) in [6.07, 6.45) is 0.560. The molecule has 1 spiro atoms. The predicted molar refractivity (Wildman–Crippen MR) is 96.5 cm³/mol. The molecule has 1 atom stereocenters. The lowest BCUT2D eigenvalue weighted by atomic mass is 9.91. The minimum absolute atomic E-state index is 0.168. The highest BCUT2D eigenvalue weighted by molar-refractivity contribution is 5.98. The van der Waals surface area contributed by atoms with E-state index in [9.17, 15) is 14.4 Å². The number of carbonyl (C=O) groups is 3. The highest BCUT2D eigenvalue weighted by Crippen LogP contribution is 2.43. The first-order valence-corrected chi connectivity index (χ1v) is 8.81. The SMILES string of the molecule is CC(=O)Oc1cccc(C(=O)N2CC[C@@]3(C2)OC(=O)c2ccccc23)c1C. The lowest BCUT2D eigenvalue weighted by molar-refractivity contribution is -0.131. The van der Waals surface area contributed by atoms with Gasteiger partial charge in [0.15, 0.2) is 5.60 Å². The van der Waals surface area contributed by atoms with Crippen molar-refractivity contribution in [3.8, 4) is 5.75 Å². The number of hydrogen-bond acceptors (Lipinski definition) is 5. The van der Waals surface area contributed by atoms with Crippen LogP contribution in [0.1, 0.15) is 45.2 Å². The minimum atomic E-state index is -0.773. The normalized spacial score (nSPS) is 20.5. The zero-order valence-corrected chi connectivity index (χ0v) is 15.2. The second kappa shape index (κ2) is 6.23. The molecular weight excluding hydrogens is 346 g/mol. The molecule has 6 heteroatoms. The molecule has 0 unspecified atom stereocenters. The van der Waals surface area contributed by atoms with E-state index in [1.807, 2.05) is 12.1 Å². The van der Waals surface area contributed by atoms with Crippen LogP contribution in [-0.4, -0.2) is 35.8 Å². The molecule has 0 N–H and O–H groups in total. The number of amides is 1. The first-order valence-electron chi connectivity index (χ1n) is 8.81. The van der Waals surface area contributed by atoms with Crippen LogP contribution in [0.15, 0.2) is 42.5 Å². The molecule has 6 nitrogen and oxygen atoms in total. The van der Waals surface area contributed by atoms with Gasteiger partial charge in [0.1, 0.15) is 5.75 Å². The van der Waals surface area contributed by atoms with Crippen molar-refractivity contribution in [2.24, 2.45) is 0 Å². The standard InChI is InChI=1S/C21H19NO5/c1-13-15(7-5-9-18(13)26-14(2)23)19(24)22-11-10-21(12-22)17-8-4-3-6-16(17)20(25)27-21/h3-9H,10-12H2,1-2H3/t21-/m0/s1. The number of likely N-dealkylation sites (tertiary alicyclic amines) is 1. The van der Waals surface area contributed by atoms with Crippen LogP contribution in [-0.2, 0) is 15.1 Å². The smallest absolute Gasteiger partial charge is 0.339 e. The second-order valence-electron chi connectivity index (χ2n) is 6.93. The van der Waals surface area contributed by atoms with E-state index < -0.39 is 11.6 Å². The molecule has 0 radical (unpaired) electrons. The Bertz CT molecular complexity index is 967. The number of esters is 2. The molecule has 0 saturated carbocycles. The van der Waals surface area contributed by atoms with Crippen LogP contribution in [0.5, 0.6) is 5.75 Å². The van der Waals surface area contributed by atoms with Crippen molar-refractivity contribution in [1.82, 2.24) is 4.90 Å². The summed E-state index contributed by atoms with van der Waals surface area (Å²) in [5, 5.41) is 0. The lowest BCUT2D eigenvalue weighted by Gasteiger charge is -2.24. The topological polar surface area (TPSA) is 72.9 Å². The molecule has 1 saturated heterocycles. The van der Waals surface area contributed by atoms with Crippen LogP contribution < -0.4 is 4.74 Å². The quantitative estimate of drug-likeness (QED) is 0.604. The molecule has 0 aliphatic carbocycles. The number of nitrogens with zero attached hydrogens (tertiary/aromatic N) is 1. The van der Waals surface area contributed by atoms with Gasteiger partial charge in [0.05, 0.1) is 12.1 Å². The minimum Gasteiger partial charge on any atom is -0.449 e. The number of carbonyl (C=O) groups excluding carboxylic acids is 3. The van der Waals surface area contributed by atoms with Gasteiger partial charge in [0, 0.05) is 36.6 Å². The van der Waals surface area contributed by atoms with E-state index in [4.69, 9.17) is 9.47 Å². The van der Waals surface area contributed by atoms with E-state index in [0.717, 1.165) is 5.56 Å². The van der Waals surface area contributed by atoms with E-state index in [2.05, 4.69) is 0 Å². The Morgan fingerprint density at radius 1 is 1.15 bits per heavy atom. The van der Waals surface area contributed by atoms with Crippen molar-refractivity contribution < 1.29 is 23.9 Å². The molecule has 2 aromatic carbocycles. The van der Waals surface area contributed by atoms with Gasteiger partial charge < -0.3 is 14.4 Å². The van der Waals surface area contributed by atoms with Gasteiger partial charge in [-0.25, -0.2) is 4.79 Å². The number of rotatable bonds is 2. The van der Waals surface area contributed by atoms with Gasteiger partial charge in [-0.15, -0.1) is 0 Å². The average molecular weight is 365 g/mol. The highest BCUT2D eigenvalue weighted by atomic mass is 16.6. The lowest BCUT2D eigenvalue weighted by Crippen LogP contribution is -2.35. The van der Waals surface area contributed by atoms with Crippen molar-refractivity contribution in [1.29, 1.82) is 0 Å². The summed E-state index contributed by atoms with van der Waals surface area (Å²) in [6, 6.07) is 12.4. The Morgan fingerprint density at radius 3 is 2.70 bits per heavy atom. The molecule has 0 aromatic heterocycles. The Hall–Kier alpha value is -3.15. The number of hydrogen-bond donors (Lipinski definition) is 0. The van der Waals surface area contributed by atoms with Gasteiger partial charge in [0.25, 0.3) is 5.91 Å². The fraction of sp³-hybridized carbons (Fsp3) is 0.286. The Kier molecular flexibility index (Phi) is 3.98. The summed E-state index contributed by atoms with van der Waals surface area (Å²) in [7, 11) is 0. The number of ether oxygens (including phenoxy) is 2. The molecule has 1 amide bonds. The molecule has 2 aliphatic rings. The molecule has 4 rings (SSSR count). The largest absolute Gasteiger partial charge is 0.449 e. The Labute approximate surface area is 156 Å². The molecule has 2 aromatic rings. The van der Waals surface area contributed by atoms with Crippen LogP contribution in [0.2, 0.25) is 0 Å². The molecule has 1 fully saturated rings. The van der Waals surface area contributed by atoms with Gasteiger partial charge in [-0.2, -0.15) is 0 Å². The van der Waals surface area contributed by atoms with Gasteiger partial charge in [-0.3, -0.25) is 9.59 Å². The van der Waals surface area contributed by atoms with Crippen LogP contribution in [0.3, 0.4) is 0 Å². The zero-order valence-electron chi connectivity index (χ0n) is 15.2. The highest BCUT2D eigenvalue weighted by Gasteiger charge is 2.51.